The summed E-state index contributed by atoms with van der Waals surface area (Å²) in [6, 6.07) is 0. The van der Waals surface area contributed by atoms with E-state index >= 15 is 0 Å². The molecule has 0 aromatic carbocycles. The molecule has 0 aromatic rings. The van der Waals surface area contributed by atoms with Crippen molar-refractivity contribution in [2.24, 2.45) is 0 Å². The number of hydrogen-bond acceptors (Lipinski definition) is 6. The molecular formula is C9H19NO6S2. The molecule has 0 heterocycles. The van der Waals surface area contributed by atoms with Gasteiger partial charge in [0, 0.05) is 26.3 Å². The second-order valence-electron chi connectivity index (χ2n) is 3.95. The first kappa shape index (κ1) is 17.3. The van der Waals surface area contributed by atoms with E-state index in [0.717, 1.165) is 10.6 Å². The number of methoxy groups -OCH3 is 1. The quantitative estimate of drug-likeness (QED) is 0.547. The van der Waals surface area contributed by atoms with E-state index < -0.39 is 25.8 Å². The molecule has 0 N–H and O–H groups in total. The number of ether oxygens (including phenoxy) is 1. The molecule has 0 amide bonds. The van der Waals surface area contributed by atoms with Gasteiger partial charge in [-0.25, -0.2) is 21.1 Å². The Morgan fingerprint density at radius 2 is 1.72 bits per heavy atom. The zero-order valence-corrected chi connectivity index (χ0v) is 12.4. The number of carbonyl (C=O) groups excluding carboxylic acids is 1. The molecule has 0 unspecified atom stereocenters. The maximum Gasteiger partial charge on any atom is 0.305 e. The SMILES string of the molecule is COC(=O)CCCS(=O)(=O)N(C)CCS(C)(=O)=O. The predicted molar refractivity (Wildman–Crippen MR) is 67.4 cm³/mol. The van der Waals surface area contributed by atoms with Gasteiger partial charge >= 0.3 is 5.97 Å². The van der Waals surface area contributed by atoms with E-state index in [9.17, 15) is 21.6 Å². The molecule has 0 spiro atoms. The van der Waals surface area contributed by atoms with Crippen LogP contribution in [0.25, 0.3) is 0 Å². The van der Waals surface area contributed by atoms with Gasteiger partial charge in [-0.2, -0.15) is 0 Å². The molecule has 0 aromatic heterocycles. The van der Waals surface area contributed by atoms with Crippen molar-refractivity contribution in [3.05, 3.63) is 0 Å². The molecule has 0 aliphatic heterocycles. The van der Waals surface area contributed by atoms with Crippen LogP contribution in [0.4, 0.5) is 0 Å². The van der Waals surface area contributed by atoms with Gasteiger partial charge in [-0.05, 0) is 6.42 Å². The van der Waals surface area contributed by atoms with E-state index in [1.807, 2.05) is 0 Å². The molecule has 0 saturated carbocycles. The number of carbonyl (C=O) groups is 1. The van der Waals surface area contributed by atoms with Gasteiger partial charge in [-0.3, -0.25) is 4.79 Å². The van der Waals surface area contributed by atoms with Gasteiger partial charge < -0.3 is 4.74 Å². The van der Waals surface area contributed by atoms with E-state index in [1.165, 1.54) is 14.2 Å². The van der Waals surface area contributed by atoms with Crippen molar-refractivity contribution in [3.8, 4) is 0 Å². The Morgan fingerprint density at radius 1 is 1.17 bits per heavy atom. The van der Waals surface area contributed by atoms with Gasteiger partial charge in [0.15, 0.2) is 0 Å². The number of sulfonamides is 1. The monoisotopic (exact) mass is 301 g/mol. The Hall–Kier alpha value is -0.670. The Bertz CT molecular complexity index is 467. The minimum atomic E-state index is -3.53. The van der Waals surface area contributed by atoms with Crippen LogP contribution in [0.15, 0.2) is 0 Å². The number of hydrogen-bond donors (Lipinski definition) is 0. The summed E-state index contributed by atoms with van der Waals surface area (Å²) >= 11 is 0. The Balaban J connectivity index is 4.24. The number of esters is 1. The molecule has 0 bridgehead atoms. The summed E-state index contributed by atoms with van der Waals surface area (Å²) in [7, 11) is -4.17. The van der Waals surface area contributed by atoms with E-state index in [0.29, 0.717) is 0 Å². The summed E-state index contributed by atoms with van der Waals surface area (Å²) in [4.78, 5) is 10.8. The summed E-state index contributed by atoms with van der Waals surface area (Å²) in [5.41, 5.74) is 0. The van der Waals surface area contributed by atoms with Crippen LogP contribution >= 0.6 is 0 Å². The van der Waals surface area contributed by atoms with Crippen LogP contribution in [0.5, 0.6) is 0 Å². The highest BCUT2D eigenvalue weighted by Gasteiger charge is 2.19. The molecule has 108 valence electrons. The molecular weight excluding hydrogens is 282 g/mol. The molecule has 18 heavy (non-hydrogen) atoms. The number of sulfone groups is 1. The first-order valence-corrected chi connectivity index (χ1v) is 8.94. The van der Waals surface area contributed by atoms with Gasteiger partial charge in [-0.1, -0.05) is 0 Å². The summed E-state index contributed by atoms with van der Waals surface area (Å²) < 4.78 is 50.6. The van der Waals surface area contributed by atoms with E-state index in [2.05, 4.69) is 4.74 Å². The van der Waals surface area contributed by atoms with E-state index in [-0.39, 0.29) is 30.9 Å². The van der Waals surface area contributed by atoms with Crippen molar-refractivity contribution in [2.75, 3.05) is 38.5 Å². The average molecular weight is 301 g/mol. The molecule has 0 aliphatic carbocycles. The van der Waals surface area contributed by atoms with Gasteiger partial charge in [0.05, 0.1) is 18.6 Å². The molecule has 0 radical (unpaired) electrons. The van der Waals surface area contributed by atoms with Crippen molar-refractivity contribution in [1.29, 1.82) is 0 Å². The second kappa shape index (κ2) is 7.05. The topological polar surface area (TPSA) is 97.8 Å². The van der Waals surface area contributed by atoms with Gasteiger partial charge in [-0.15, -0.1) is 0 Å². The Labute approximate surface area is 108 Å². The predicted octanol–water partition coefficient (Wildman–Crippen LogP) is -0.754. The molecule has 0 fully saturated rings. The first-order chi connectivity index (χ1) is 8.08. The highest BCUT2D eigenvalue weighted by Crippen LogP contribution is 2.03. The second-order valence-corrected chi connectivity index (χ2v) is 8.40. The van der Waals surface area contributed by atoms with Gasteiger partial charge in [0.25, 0.3) is 0 Å². The van der Waals surface area contributed by atoms with Gasteiger partial charge in [0.2, 0.25) is 10.0 Å². The van der Waals surface area contributed by atoms with Crippen LogP contribution in [0.1, 0.15) is 12.8 Å². The van der Waals surface area contributed by atoms with Crippen molar-refractivity contribution in [1.82, 2.24) is 4.31 Å². The lowest BCUT2D eigenvalue weighted by Crippen LogP contribution is -2.33. The summed E-state index contributed by atoms with van der Waals surface area (Å²) in [5.74, 6) is -0.897. The fourth-order valence-electron chi connectivity index (χ4n) is 1.09. The third-order valence-electron chi connectivity index (χ3n) is 2.26. The highest BCUT2D eigenvalue weighted by molar-refractivity contribution is 7.91. The average Bonchev–Trinajstić information content (AvgIpc) is 2.24. The zero-order valence-electron chi connectivity index (χ0n) is 10.7. The van der Waals surface area contributed by atoms with Crippen molar-refractivity contribution < 1.29 is 26.4 Å². The van der Waals surface area contributed by atoms with Crippen molar-refractivity contribution >= 4 is 25.8 Å². The van der Waals surface area contributed by atoms with Gasteiger partial charge in [0.1, 0.15) is 9.84 Å². The van der Waals surface area contributed by atoms with Crippen LogP contribution in [0.2, 0.25) is 0 Å². The first-order valence-electron chi connectivity index (χ1n) is 5.27. The smallest absolute Gasteiger partial charge is 0.305 e. The summed E-state index contributed by atoms with van der Waals surface area (Å²) in [5, 5.41) is 0. The molecule has 0 aliphatic rings. The van der Waals surface area contributed by atoms with Crippen LogP contribution in [0, 0.1) is 0 Å². The molecule has 9 heteroatoms. The standard InChI is InChI=1S/C9H19NO6S2/c1-10(6-8-17(3,12)13)18(14,15)7-4-5-9(11)16-2/h4-8H2,1-3H3. The normalized spacial score (nSPS) is 12.7. The zero-order chi connectivity index (χ0) is 14.4. The van der Waals surface area contributed by atoms with Crippen molar-refractivity contribution in [3.63, 3.8) is 0 Å². The van der Waals surface area contributed by atoms with Crippen LogP contribution in [-0.4, -0.2) is 65.6 Å². The Morgan fingerprint density at radius 3 is 2.17 bits per heavy atom. The maximum absolute atomic E-state index is 11.7. The lowest BCUT2D eigenvalue weighted by molar-refractivity contribution is -0.140. The lowest BCUT2D eigenvalue weighted by Gasteiger charge is -2.16. The Kier molecular flexibility index (Phi) is 6.79. The summed E-state index contributed by atoms with van der Waals surface area (Å²) in [6.07, 6.45) is 1.22. The van der Waals surface area contributed by atoms with Crippen molar-refractivity contribution in [2.45, 2.75) is 12.8 Å². The minimum Gasteiger partial charge on any atom is -0.469 e. The largest absolute Gasteiger partial charge is 0.469 e. The lowest BCUT2D eigenvalue weighted by atomic mass is 10.3. The number of rotatable bonds is 8. The van der Waals surface area contributed by atoms with E-state index in [4.69, 9.17) is 0 Å². The fourth-order valence-corrected chi connectivity index (χ4v) is 3.00. The highest BCUT2D eigenvalue weighted by atomic mass is 32.2. The molecule has 0 rings (SSSR count). The maximum atomic E-state index is 11.7. The van der Waals surface area contributed by atoms with Crippen LogP contribution < -0.4 is 0 Å². The number of nitrogens with zero attached hydrogens (tertiary/aromatic N) is 1. The van der Waals surface area contributed by atoms with E-state index in [1.54, 1.807) is 0 Å². The minimum absolute atomic E-state index is 0.0235. The third kappa shape index (κ3) is 7.62. The summed E-state index contributed by atoms with van der Waals surface area (Å²) in [6.45, 7) is -0.0839. The molecule has 0 saturated heterocycles. The van der Waals surface area contributed by atoms with Crippen LogP contribution in [-0.2, 0) is 29.4 Å². The molecule has 7 nitrogen and oxygen atoms in total. The fraction of sp³-hybridized carbons (Fsp3) is 0.889. The molecule has 0 atom stereocenters. The van der Waals surface area contributed by atoms with Crippen LogP contribution in [0.3, 0.4) is 0 Å². The third-order valence-corrected chi connectivity index (χ3v) is 5.12.